The first kappa shape index (κ1) is 35.6. The van der Waals surface area contributed by atoms with Crippen molar-refractivity contribution in [3.63, 3.8) is 0 Å². The lowest BCUT2D eigenvalue weighted by atomic mass is 9.36. The molecule has 4 heteroatoms. The number of nitrogens with zero attached hydrogens (tertiary/aromatic N) is 2. The summed E-state index contributed by atoms with van der Waals surface area (Å²) in [4.78, 5) is 6.46. The maximum atomic E-state index is 8.72. The third-order valence-electron chi connectivity index (χ3n) is 16.9. The van der Waals surface area contributed by atoms with Crippen LogP contribution in [0, 0.1) is 6.85 Å². The van der Waals surface area contributed by atoms with Gasteiger partial charge in [0.25, 0.3) is 6.71 Å². The molecule has 11 aromatic rings. The predicted octanol–water partition coefficient (Wildman–Crippen LogP) is 14.8. The number of aryl methyl sites for hydroxylation is 1. The van der Waals surface area contributed by atoms with E-state index < -0.39 is 17.7 Å². The van der Waals surface area contributed by atoms with Crippen LogP contribution in [0.2, 0.25) is 0 Å². The summed E-state index contributed by atoms with van der Waals surface area (Å²) in [6.07, 6.45) is 0. The van der Waals surface area contributed by atoms with Crippen LogP contribution in [0.15, 0.2) is 231 Å². The minimum absolute atomic E-state index is 0.159. The van der Waals surface area contributed by atoms with Crippen LogP contribution < -0.4 is 25.5 Å². The fourth-order valence-corrected chi connectivity index (χ4v) is 16.2. The molecular formula is C67H41BN2S. The van der Waals surface area contributed by atoms with Gasteiger partial charge in [0, 0.05) is 47.8 Å². The number of para-hydroxylation sites is 2. The number of benzene rings is 10. The van der Waals surface area contributed by atoms with Crippen LogP contribution in [0.5, 0.6) is 0 Å². The molecule has 0 N–H and O–H groups in total. The monoisotopic (exact) mass is 919 g/mol. The van der Waals surface area contributed by atoms with Gasteiger partial charge in [-0.15, -0.1) is 11.3 Å². The topological polar surface area (TPSA) is 6.48 Å². The Kier molecular flexibility index (Phi) is 6.75. The van der Waals surface area contributed by atoms with Crippen LogP contribution in [0.4, 0.5) is 34.1 Å². The molecule has 17 rings (SSSR count). The van der Waals surface area contributed by atoms with E-state index in [1.54, 1.807) is 0 Å². The van der Waals surface area contributed by atoms with Gasteiger partial charge in [0.15, 0.2) is 0 Å². The summed E-state index contributed by atoms with van der Waals surface area (Å²) in [5, 5.41) is 0. The molecule has 2 spiro atoms. The average molecular weight is 920 g/mol. The molecule has 2 nitrogen and oxygen atoms in total. The second kappa shape index (κ2) is 13.5. The Morgan fingerprint density at radius 1 is 0.394 bits per heavy atom. The van der Waals surface area contributed by atoms with Crippen LogP contribution in [-0.4, -0.2) is 6.71 Å². The lowest BCUT2D eigenvalue weighted by molar-refractivity contribution is 0.793. The minimum atomic E-state index is -2.28. The minimum Gasteiger partial charge on any atom is -0.311 e. The van der Waals surface area contributed by atoms with Crippen LogP contribution in [-0.2, 0) is 10.8 Å². The van der Waals surface area contributed by atoms with E-state index in [0.29, 0.717) is 5.56 Å². The van der Waals surface area contributed by atoms with Crippen LogP contribution >= 0.6 is 11.3 Å². The summed E-state index contributed by atoms with van der Waals surface area (Å²) in [7, 11) is 0. The lowest BCUT2D eigenvalue weighted by Crippen LogP contribution is -2.60. The Labute approximate surface area is 421 Å². The first-order chi connectivity index (χ1) is 36.4. The van der Waals surface area contributed by atoms with Gasteiger partial charge < -0.3 is 9.80 Å². The Bertz CT molecular complexity index is 4250. The van der Waals surface area contributed by atoms with Crippen molar-refractivity contribution in [2.24, 2.45) is 0 Å². The maximum absolute atomic E-state index is 8.72. The normalized spacial score (nSPS) is 17.4. The second-order valence-corrected chi connectivity index (χ2v) is 21.0. The molecule has 1 atom stereocenters. The van der Waals surface area contributed by atoms with E-state index in [1.165, 1.54) is 98.7 Å². The molecule has 4 aliphatic carbocycles. The largest absolute Gasteiger partial charge is 0.311 e. The highest BCUT2D eigenvalue weighted by Crippen LogP contribution is 2.68. The van der Waals surface area contributed by atoms with Crippen molar-refractivity contribution in [2.75, 3.05) is 9.80 Å². The van der Waals surface area contributed by atoms with Crippen molar-refractivity contribution in [3.05, 3.63) is 280 Å². The molecule has 0 fully saturated rings. The third-order valence-corrected chi connectivity index (χ3v) is 18.3. The molecular weight excluding hydrogens is 876 g/mol. The molecule has 1 aromatic heterocycles. The summed E-state index contributed by atoms with van der Waals surface area (Å²) in [6.45, 7) is -2.44. The molecule has 1 unspecified atom stereocenters. The van der Waals surface area contributed by atoms with E-state index in [-0.39, 0.29) is 6.71 Å². The summed E-state index contributed by atoms with van der Waals surface area (Å²) in [6, 6.07) is 84.9. The summed E-state index contributed by atoms with van der Waals surface area (Å²) in [5.41, 5.74) is 26.9. The van der Waals surface area contributed by atoms with Crippen molar-refractivity contribution in [3.8, 4) is 44.5 Å². The summed E-state index contributed by atoms with van der Waals surface area (Å²) < 4.78 is 27.5. The Balaban J connectivity index is 1.03. The third kappa shape index (κ3) is 4.45. The standard InChI is InChI=1S/C67H41BN2S/c1-40-35-36-47-45-25-8-13-28-50(45)66(55(47)37-40)51-29-14-11-26-46(51)49-38-60-57(39-56(49)66)68-62-58(69(60)41-19-4-2-5-20-41)33-18-34-59(62)70(42-21-6-3-7-22-42)63-61-48-27-12-17-32-54(48)67(64(61)71-65(63)68)52-30-15-9-23-43(52)44-24-10-16-31-53(44)67/h2-39H,1H3/i1D3. The molecule has 0 amide bonds. The Morgan fingerprint density at radius 2 is 0.873 bits per heavy atom. The van der Waals surface area contributed by atoms with E-state index in [1.807, 2.05) is 23.5 Å². The van der Waals surface area contributed by atoms with E-state index in [2.05, 4.69) is 228 Å². The number of thiophene rings is 1. The highest BCUT2D eigenvalue weighted by atomic mass is 32.1. The van der Waals surface area contributed by atoms with Gasteiger partial charge in [-0.2, -0.15) is 0 Å². The van der Waals surface area contributed by atoms with Gasteiger partial charge in [0.1, 0.15) is 0 Å². The molecule has 10 aromatic carbocycles. The quantitative estimate of drug-likeness (QED) is 0.159. The van der Waals surface area contributed by atoms with Crippen LogP contribution in [0.3, 0.4) is 0 Å². The fourth-order valence-electron chi connectivity index (χ4n) is 14.5. The summed E-state index contributed by atoms with van der Waals surface area (Å²) in [5.74, 6) is 0. The molecule has 0 bridgehead atoms. The SMILES string of the molecule is [2H]C([2H])([2H])c1ccc2c(c1)C1(c3ccccc3-2)c2ccccc2-c2cc3c(cc21)B1c2sc4c(c2N(c2ccccc2)c2cccc(c21)N3c1ccccc1)-c1ccccc1C41c2ccccc2-c2ccccc21. The van der Waals surface area contributed by atoms with Crippen LogP contribution in [0.1, 0.15) is 53.5 Å². The van der Waals surface area contributed by atoms with Gasteiger partial charge in [-0.05, 0) is 138 Å². The number of fused-ring (bicyclic) bond motifs is 25. The first-order valence-electron chi connectivity index (χ1n) is 26.2. The maximum Gasteiger partial charge on any atom is 0.264 e. The zero-order valence-electron chi connectivity index (χ0n) is 41.3. The number of rotatable bonds is 2. The van der Waals surface area contributed by atoms with Crippen molar-refractivity contribution < 1.29 is 4.11 Å². The summed E-state index contributed by atoms with van der Waals surface area (Å²) >= 11 is 2.01. The fraction of sp³-hybridized carbons (Fsp3) is 0.0448. The van der Waals surface area contributed by atoms with E-state index in [9.17, 15) is 0 Å². The lowest BCUT2D eigenvalue weighted by Gasteiger charge is -2.44. The highest BCUT2D eigenvalue weighted by molar-refractivity contribution is 7.30. The predicted molar refractivity (Wildman–Crippen MR) is 296 cm³/mol. The molecule has 71 heavy (non-hydrogen) atoms. The smallest absolute Gasteiger partial charge is 0.264 e. The molecule has 6 aliphatic rings. The molecule has 328 valence electrons. The Hall–Kier alpha value is -8.44. The van der Waals surface area contributed by atoms with Crippen molar-refractivity contribution >= 4 is 67.9 Å². The zero-order valence-corrected chi connectivity index (χ0v) is 39.1. The van der Waals surface area contributed by atoms with Crippen LogP contribution in [0.25, 0.3) is 44.5 Å². The first-order valence-corrected chi connectivity index (χ1v) is 25.5. The van der Waals surface area contributed by atoms with Gasteiger partial charge in [0.2, 0.25) is 0 Å². The van der Waals surface area contributed by atoms with Crippen molar-refractivity contribution in [2.45, 2.75) is 17.7 Å². The number of hydrogen-bond acceptors (Lipinski definition) is 3. The highest BCUT2D eigenvalue weighted by Gasteiger charge is 2.58. The van der Waals surface area contributed by atoms with Crippen molar-refractivity contribution in [1.82, 2.24) is 0 Å². The molecule has 0 saturated heterocycles. The zero-order chi connectivity index (χ0) is 48.8. The second-order valence-electron chi connectivity index (χ2n) is 19.9. The van der Waals surface area contributed by atoms with Gasteiger partial charge in [-0.3, -0.25) is 0 Å². The van der Waals surface area contributed by atoms with E-state index in [0.717, 1.165) is 39.4 Å². The molecule has 0 saturated carbocycles. The van der Waals surface area contributed by atoms with Gasteiger partial charge in [-0.25, -0.2) is 0 Å². The van der Waals surface area contributed by atoms with E-state index in [4.69, 9.17) is 4.11 Å². The molecule has 0 radical (unpaired) electrons. The van der Waals surface area contributed by atoms with Gasteiger partial charge >= 0.3 is 0 Å². The Morgan fingerprint density at radius 3 is 1.48 bits per heavy atom. The molecule has 3 heterocycles. The average Bonchev–Trinajstić information content (AvgIpc) is 4.33. The molecule has 2 aliphatic heterocycles. The van der Waals surface area contributed by atoms with Crippen molar-refractivity contribution in [1.29, 1.82) is 0 Å². The van der Waals surface area contributed by atoms with Gasteiger partial charge in [0.05, 0.1) is 16.5 Å². The number of anilines is 6. The number of hydrogen-bond donors (Lipinski definition) is 0. The van der Waals surface area contributed by atoms with Gasteiger partial charge in [-0.1, -0.05) is 194 Å². The van der Waals surface area contributed by atoms with E-state index >= 15 is 0 Å².